The van der Waals surface area contributed by atoms with E-state index < -0.39 is 11.6 Å². The third-order valence-electron chi connectivity index (χ3n) is 5.69. The van der Waals surface area contributed by atoms with Crippen LogP contribution in [-0.4, -0.2) is 27.8 Å². The molecule has 2 fully saturated rings. The summed E-state index contributed by atoms with van der Waals surface area (Å²) in [5.41, 5.74) is -0.486. The molecule has 130 valence electrons. The molecule has 6 atom stereocenters. The summed E-state index contributed by atoms with van der Waals surface area (Å²) in [6.07, 6.45) is 7.11. The molecule has 4 nitrogen and oxygen atoms in total. The molecule has 2 heterocycles. The largest absolute Gasteiger partial charge is 0.460 e. The van der Waals surface area contributed by atoms with Gasteiger partial charge in [-0.25, -0.2) is 4.79 Å². The number of hydrogen-bond acceptors (Lipinski definition) is 4. The molecule has 24 heavy (non-hydrogen) atoms. The Morgan fingerprint density at radius 1 is 1.46 bits per heavy atom. The predicted octanol–water partition coefficient (Wildman–Crippen LogP) is 3.83. The number of aliphatic hydroxyl groups is 1. The van der Waals surface area contributed by atoms with E-state index in [0.717, 1.165) is 16.6 Å². The number of ether oxygens (including phenoxy) is 1. The highest BCUT2D eigenvalue weighted by molar-refractivity contribution is 9.10. The number of allylic oxidation sites excluding steroid dienone is 1. The van der Waals surface area contributed by atoms with Crippen LogP contribution in [-0.2, 0) is 9.53 Å². The van der Waals surface area contributed by atoms with Crippen molar-refractivity contribution >= 4 is 28.0 Å². The van der Waals surface area contributed by atoms with Gasteiger partial charge in [-0.15, -0.1) is 0 Å². The summed E-state index contributed by atoms with van der Waals surface area (Å²) in [5.74, 6) is 0.121. The molecule has 1 aromatic rings. The number of fused-ring (bicyclic) bond motifs is 1. The van der Waals surface area contributed by atoms with E-state index in [9.17, 15) is 9.90 Å². The van der Waals surface area contributed by atoms with Gasteiger partial charge >= 0.3 is 5.97 Å². The zero-order valence-electron chi connectivity index (χ0n) is 14.3. The quantitative estimate of drug-likeness (QED) is 0.792. The monoisotopic (exact) mass is 393 g/mol. The van der Waals surface area contributed by atoms with Crippen molar-refractivity contribution in [1.29, 1.82) is 0 Å². The molecule has 1 saturated heterocycles. The van der Waals surface area contributed by atoms with Gasteiger partial charge < -0.3 is 9.84 Å². The average Bonchev–Trinajstić information content (AvgIpc) is 2.75. The Bertz CT molecular complexity index is 645. The normalized spacial score (nSPS) is 39.0. The minimum absolute atomic E-state index is 0.0932. The summed E-state index contributed by atoms with van der Waals surface area (Å²) in [5, 5.41) is 11.0. The molecule has 0 spiro atoms. The highest BCUT2D eigenvalue weighted by atomic mass is 79.9. The molecule has 1 saturated carbocycles. The van der Waals surface area contributed by atoms with E-state index in [0.29, 0.717) is 12.3 Å². The lowest BCUT2D eigenvalue weighted by Gasteiger charge is -2.45. The lowest BCUT2D eigenvalue weighted by molar-refractivity contribution is -0.160. The van der Waals surface area contributed by atoms with Gasteiger partial charge in [-0.05, 0) is 65.2 Å². The van der Waals surface area contributed by atoms with E-state index in [2.05, 4.69) is 40.8 Å². The number of pyridine rings is 1. The van der Waals surface area contributed by atoms with Gasteiger partial charge in [-0.2, -0.15) is 0 Å². The van der Waals surface area contributed by atoms with Crippen molar-refractivity contribution in [1.82, 2.24) is 4.98 Å². The molecular weight excluding hydrogens is 370 g/mol. The van der Waals surface area contributed by atoms with E-state index in [1.54, 1.807) is 6.20 Å². The molecule has 0 bridgehead atoms. The van der Waals surface area contributed by atoms with Crippen LogP contribution in [0.1, 0.15) is 39.3 Å². The Kier molecular flexibility index (Phi) is 4.85. The maximum absolute atomic E-state index is 12.2. The van der Waals surface area contributed by atoms with Crippen LogP contribution in [0.3, 0.4) is 0 Å². The number of hydrogen-bond donors (Lipinski definition) is 1. The molecule has 1 aliphatic carbocycles. The minimum Gasteiger partial charge on any atom is -0.460 e. The molecule has 5 heteroatoms. The van der Waals surface area contributed by atoms with Crippen LogP contribution in [0, 0.1) is 23.7 Å². The van der Waals surface area contributed by atoms with E-state index in [1.807, 2.05) is 25.1 Å². The number of rotatable bonds is 3. The number of nitrogens with zero attached hydrogens (tertiary/aromatic N) is 1. The first-order chi connectivity index (χ1) is 11.4. The van der Waals surface area contributed by atoms with Crippen LogP contribution in [0.25, 0.3) is 6.08 Å². The standard InChI is InChI=1S/C19H24BrNO3/c1-4-15-11(2)9-19(23)17(12(3)24-18(19)22)16(15)8-7-14-6-5-13(20)10-21-14/h5-8,10-12,15-17,23H,4,9H2,1-3H3/b8-7+/t11-,12+,15+,16-,17-,19-/m0/s1. The summed E-state index contributed by atoms with van der Waals surface area (Å²) < 4.78 is 6.35. The van der Waals surface area contributed by atoms with Gasteiger partial charge in [-0.3, -0.25) is 4.98 Å². The van der Waals surface area contributed by atoms with Crippen LogP contribution in [0.15, 0.2) is 28.9 Å². The van der Waals surface area contributed by atoms with Crippen LogP contribution in [0.4, 0.5) is 0 Å². The molecule has 2 aliphatic rings. The third kappa shape index (κ3) is 2.93. The molecule has 0 unspecified atom stereocenters. The van der Waals surface area contributed by atoms with Gasteiger partial charge in [0, 0.05) is 16.6 Å². The van der Waals surface area contributed by atoms with E-state index in [1.165, 1.54) is 0 Å². The second-order valence-electron chi connectivity index (χ2n) is 7.15. The highest BCUT2D eigenvalue weighted by Crippen LogP contribution is 2.52. The zero-order valence-corrected chi connectivity index (χ0v) is 15.9. The summed E-state index contributed by atoms with van der Waals surface area (Å²) in [6, 6.07) is 3.90. The molecule has 0 amide bonds. The fourth-order valence-electron chi connectivity index (χ4n) is 4.64. The fourth-order valence-corrected chi connectivity index (χ4v) is 4.87. The van der Waals surface area contributed by atoms with E-state index in [4.69, 9.17) is 4.74 Å². The number of cyclic esters (lactones) is 1. The predicted molar refractivity (Wildman–Crippen MR) is 96.0 cm³/mol. The van der Waals surface area contributed by atoms with E-state index >= 15 is 0 Å². The summed E-state index contributed by atoms with van der Waals surface area (Å²) in [6.45, 7) is 6.19. The Hall–Kier alpha value is -1.20. The van der Waals surface area contributed by atoms with Crippen molar-refractivity contribution in [3.8, 4) is 0 Å². The number of aromatic nitrogens is 1. The van der Waals surface area contributed by atoms with Crippen LogP contribution in [0.5, 0.6) is 0 Å². The Balaban J connectivity index is 1.94. The first-order valence-electron chi connectivity index (χ1n) is 8.60. The lowest BCUT2D eigenvalue weighted by Crippen LogP contribution is -2.53. The first kappa shape index (κ1) is 17.6. The number of carbonyl (C=O) groups excluding carboxylic acids is 1. The maximum Gasteiger partial charge on any atom is 0.338 e. The number of halogens is 1. The molecule has 1 aliphatic heterocycles. The van der Waals surface area contributed by atoms with Crippen LogP contribution in [0.2, 0.25) is 0 Å². The van der Waals surface area contributed by atoms with Gasteiger partial charge in [0.2, 0.25) is 0 Å². The molecule has 0 aromatic carbocycles. The zero-order chi connectivity index (χ0) is 17.5. The van der Waals surface area contributed by atoms with Gasteiger partial charge in [0.1, 0.15) is 6.10 Å². The first-order valence-corrected chi connectivity index (χ1v) is 9.39. The molecular formula is C19H24BrNO3. The van der Waals surface area contributed by atoms with Crippen molar-refractivity contribution in [3.63, 3.8) is 0 Å². The maximum atomic E-state index is 12.2. The Labute approximate surface area is 151 Å². The fraction of sp³-hybridized carbons (Fsp3) is 0.579. The molecule has 1 N–H and O–H groups in total. The lowest BCUT2D eigenvalue weighted by atomic mass is 9.59. The topological polar surface area (TPSA) is 59.4 Å². The average molecular weight is 394 g/mol. The summed E-state index contributed by atoms with van der Waals surface area (Å²) in [7, 11) is 0. The second-order valence-corrected chi connectivity index (χ2v) is 8.07. The third-order valence-corrected chi connectivity index (χ3v) is 6.16. The van der Waals surface area contributed by atoms with Crippen LogP contribution >= 0.6 is 15.9 Å². The number of carbonyl (C=O) groups is 1. The number of esters is 1. The van der Waals surface area contributed by atoms with E-state index in [-0.39, 0.29) is 23.9 Å². The Morgan fingerprint density at radius 2 is 2.21 bits per heavy atom. The second kappa shape index (κ2) is 6.60. The highest BCUT2D eigenvalue weighted by Gasteiger charge is 2.62. The smallest absolute Gasteiger partial charge is 0.338 e. The minimum atomic E-state index is -1.35. The Morgan fingerprint density at radius 3 is 2.83 bits per heavy atom. The summed E-state index contributed by atoms with van der Waals surface area (Å²) in [4.78, 5) is 16.6. The van der Waals surface area contributed by atoms with Crippen molar-refractivity contribution in [2.45, 2.75) is 45.3 Å². The van der Waals surface area contributed by atoms with Gasteiger partial charge in [0.05, 0.1) is 5.69 Å². The van der Waals surface area contributed by atoms with Crippen molar-refractivity contribution < 1.29 is 14.6 Å². The van der Waals surface area contributed by atoms with Crippen molar-refractivity contribution in [2.24, 2.45) is 23.7 Å². The van der Waals surface area contributed by atoms with Crippen LogP contribution < -0.4 is 0 Å². The molecule has 1 aromatic heterocycles. The summed E-state index contributed by atoms with van der Waals surface area (Å²) >= 11 is 3.39. The van der Waals surface area contributed by atoms with Gasteiger partial charge in [0.25, 0.3) is 0 Å². The van der Waals surface area contributed by atoms with Gasteiger partial charge in [0.15, 0.2) is 5.60 Å². The molecule has 0 radical (unpaired) electrons. The van der Waals surface area contributed by atoms with Gasteiger partial charge in [-0.1, -0.05) is 26.3 Å². The van der Waals surface area contributed by atoms with Crippen molar-refractivity contribution in [2.75, 3.05) is 0 Å². The molecule has 3 rings (SSSR count). The SMILES string of the molecule is CC[C@H]1[C@H](/C=C/c2ccc(Br)cn2)[C@@H]2[C@@H](C)OC(=O)[C@]2(O)C[C@@H]1C. The van der Waals surface area contributed by atoms with Crippen molar-refractivity contribution in [3.05, 3.63) is 34.6 Å².